The van der Waals surface area contributed by atoms with E-state index < -0.39 is 34.4 Å². The number of anilines is 1. The molecule has 1 aliphatic rings. The summed E-state index contributed by atoms with van der Waals surface area (Å²) in [5.74, 6) is -1.60. The van der Waals surface area contributed by atoms with Crippen LogP contribution in [0.5, 0.6) is 5.75 Å². The number of fused-ring (bicyclic) bond motifs is 1. The molecule has 1 fully saturated rings. The molecule has 15 heteroatoms. The van der Waals surface area contributed by atoms with Crippen molar-refractivity contribution in [2.45, 2.75) is 24.0 Å². The molecule has 192 valence electrons. The number of nitrogens with one attached hydrogen (secondary N) is 1. The minimum absolute atomic E-state index is 0.00440. The number of carbonyl (C=O) groups is 2. The third kappa shape index (κ3) is 4.72. The lowest BCUT2D eigenvalue weighted by molar-refractivity contribution is -0.140. The van der Waals surface area contributed by atoms with Crippen LogP contribution in [0.2, 0.25) is 0 Å². The number of amides is 1. The number of rotatable bonds is 7. The highest BCUT2D eigenvalue weighted by molar-refractivity contribution is 7.90. The Kier molecular flexibility index (Phi) is 6.07. The molecule has 0 saturated carbocycles. The standard InChI is InChI=1S/C22H18F2N6O6S/c1-37(33,34)12-3-4-17(36-22(23)24)13(9-12)18-15(11-30(28-18)16-5-8-35-21(16)32)27-20(31)14-10-26-29-7-2-6-25-19(14)29/h2-4,6-7,9-11,16,22H,5,8H2,1H3,(H,27,31). The highest BCUT2D eigenvalue weighted by Gasteiger charge is 2.31. The zero-order valence-electron chi connectivity index (χ0n) is 19.0. The number of sulfone groups is 1. The summed E-state index contributed by atoms with van der Waals surface area (Å²) in [5, 5.41) is 11.1. The number of hydrogen-bond acceptors (Lipinski definition) is 9. The van der Waals surface area contributed by atoms with Crippen molar-refractivity contribution in [2.75, 3.05) is 18.2 Å². The van der Waals surface area contributed by atoms with Crippen molar-refractivity contribution in [1.29, 1.82) is 0 Å². The summed E-state index contributed by atoms with van der Waals surface area (Å²) in [6, 6.07) is 4.09. The lowest BCUT2D eigenvalue weighted by Crippen LogP contribution is -2.15. The van der Waals surface area contributed by atoms with Crippen molar-refractivity contribution < 1.29 is 36.3 Å². The second kappa shape index (κ2) is 9.24. The maximum Gasteiger partial charge on any atom is 0.387 e. The van der Waals surface area contributed by atoms with Crippen molar-refractivity contribution >= 4 is 33.0 Å². The van der Waals surface area contributed by atoms with Crippen LogP contribution in [0.1, 0.15) is 22.8 Å². The molecule has 12 nitrogen and oxygen atoms in total. The summed E-state index contributed by atoms with van der Waals surface area (Å²) in [4.78, 5) is 29.3. The van der Waals surface area contributed by atoms with E-state index in [9.17, 15) is 26.8 Å². The zero-order valence-corrected chi connectivity index (χ0v) is 19.9. The number of aromatic nitrogens is 5. The monoisotopic (exact) mass is 532 g/mol. The number of carbonyl (C=O) groups excluding carboxylic acids is 2. The van der Waals surface area contributed by atoms with Gasteiger partial charge in [0, 0.05) is 30.6 Å². The van der Waals surface area contributed by atoms with E-state index in [1.165, 1.54) is 27.8 Å². The van der Waals surface area contributed by atoms with Crippen LogP contribution in [0, 0.1) is 0 Å². The molecule has 1 aliphatic heterocycles. The Bertz CT molecular complexity index is 1630. The molecule has 3 aromatic heterocycles. The first kappa shape index (κ1) is 24.3. The normalized spacial score (nSPS) is 15.8. The molecule has 0 spiro atoms. The number of benzene rings is 1. The Balaban J connectivity index is 1.64. The summed E-state index contributed by atoms with van der Waals surface area (Å²) in [7, 11) is -3.75. The minimum Gasteiger partial charge on any atom is -0.464 e. The summed E-state index contributed by atoms with van der Waals surface area (Å²) in [6.45, 7) is -3.07. The maximum atomic E-state index is 13.2. The Hall–Kier alpha value is -4.40. The van der Waals surface area contributed by atoms with Crippen LogP contribution in [0.4, 0.5) is 14.5 Å². The lowest BCUT2D eigenvalue weighted by atomic mass is 10.1. The van der Waals surface area contributed by atoms with Gasteiger partial charge in [0.2, 0.25) is 0 Å². The van der Waals surface area contributed by atoms with Crippen LogP contribution >= 0.6 is 0 Å². The quantitative estimate of drug-likeness (QED) is 0.354. The smallest absolute Gasteiger partial charge is 0.387 e. The van der Waals surface area contributed by atoms with Crippen molar-refractivity contribution in [3.63, 3.8) is 0 Å². The number of esters is 1. The van der Waals surface area contributed by atoms with Gasteiger partial charge in [0.05, 0.1) is 29.6 Å². The molecular formula is C22H18F2N6O6S. The first-order valence-electron chi connectivity index (χ1n) is 10.8. The number of nitrogens with zero attached hydrogens (tertiary/aromatic N) is 5. The molecule has 1 unspecified atom stereocenters. The number of alkyl halides is 2. The maximum absolute atomic E-state index is 13.2. The number of halogens is 2. The molecule has 1 saturated heterocycles. The number of ether oxygens (including phenoxy) is 2. The lowest BCUT2D eigenvalue weighted by Gasteiger charge is -2.12. The fourth-order valence-corrected chi connectivity index (χ4v) is 4.51. The summed E-state index contributed by atoms with van der Waals surface area (Å²) < 4.78 is 63.0. The van der Waals surface area contributed by atoms with Gasteiger partial charge in [-0.3, -0.25) is 9.48 Å². The SMILES string of the molecule is CS(=O)(=O)c1ccc(OC(F)F)c(-c2nn(C3CCOC3=O)cc2NC(=O)c2cnn3cccnc23)c1. The predicted molar refractivity (Wildman–Crippen MR) is 123 cm³/mol. The van der Waals surface area contributed by atoms with Gasteiger partial charge in [0.15, 0.2) is 21.5 Å². The first-order valence-corrected chi connectivity index (χ1v) is 12.7. The molecule has 0 radical (unpaired) electrons. The molecule has 0 aliphatic carbocycles. The largest absolute Gasteiger partial charge is 0.464 e. The average molecular weight is 532 g/mol. The van der Waals surface area contributed by atoms with E-state index in [1.807, 2.05) is 0 Å². The molecule has 1 amide bonds. The minimum atomic E-state index is -3.75. The summed E-state index contributed by atoms with van der Waals surface area (Å²) in [6.07, 6.45) is 6.95. The van der Waals surface area contributed by atoms with E-state index in [4.69, 9.17) is 4.74 Å². The molecule has 1 aromatic carbocycles. The van der Waals surface area contributed by atoms with Crippen molar-refractivity contribution in [3.8, 4) is 17.0 Å². The van der Waals surface area contributed by atoms with Crippen molar-refractivity contribution in [2.24, 2.45) is 0 Å². The van der Waals surface area contributed by atoms with Gasteiger partial charge in [0.1, 0.15) is 17.0 Å². The van der Waals surface area contributed by atoms with Gasteiger partial charge < -0.3 is 14.8 Å². The van der Waals surface area contributed by atoms with Gasteiger partial charge in [-0.1, -0.05) is 0 Å². The molecule has 4 heterocycles. The van der Waals surface area contributed by atoms with Crippen LogP contribution in [0.15, 0.2) is 53.9 Å². The van der Waals surface area contributed by atoms with Gasteiger partial charge in [-0.25, -0.2) is 22.7 Å². The third-order valence-corrected chi connectivity index (χ3v) is 6.69. The van der Waals surface area contributed by atoms with E-state index in [1.54, 1.807) is 12.3 Å². The van der Waals surface area contributed by atoms with E-state index >= 15 is 0 Å². The summed E-state index contributed by atoms with van der Waals surface area (Å²) >= 11 is 0. The van der Waals surface area contributed by atoms with Crippen LogP contribution in [-0.4, -0.2) is 64.1 Å². The predicted octanol–water partition coefficient (Wildman–Crippen LogP) is 2.34. The van der Waals surface area contributed by atoms with Gasteiger partial charge >= 0.3 is 12.6 Å². The van der Waals surface area contributed by atoms with Crippen LogP contribution in [-0.2, 0) is 19.4 Å². The summed E-state index contributed by atoms with van der Waals surface area (Å²) in [5.41, 5.74) is 0.132. The number of cyclic esters (lactones) is 1. The molecule has 4 aromatic rings. The highest BCUT2D eigenvalue weighted by atomic mass is 32.2. The first-order chi connectivity index (χ1) is 17.6. The Morgan fingerprint density at radius 2 is 2.14 bits per heavy atom. The zero-order chi connectivity index (χ0) is 26.3. The van der Waals surface area contributed by atoms with E-state index in [0.717, 1.165) is 24.5 Å². The van der Waals surface area contributed by atoms with Crippen LogP contribution < -0.4 is 10.1 Å². The van der Waals surface area contributed by atoms with Crippen molar-refractivity contribution in [1.82, 2.24) is 24.4 Å². The fourth-order valence-electron chi connectivity index (χ4n) is 3.87. The Morgan fingerprint density at radius 1 is 1.32 bits per heavy atom. The van der Waals surface area contributed by atoms with E-state index in [-0.39, 0.29) is 51.8 Å². The highest BCUT2D eigenvalue weighted by Crippen LogP contribution is 2.38. The Morgan fingerprint density at radius 3 is 2.84 bits per heavy atom. The van der Waals surface area contributed by atoms with Gasteiger partial charge in [-0.15, -0.1) is 0 Å². The van der Waals surface area contributed by atoms with Crippen LogP contribution in [0.25, 0.3) is 16.9 Å². The van der Waals surface area contributed by atoms with Gasteiger partial charge in [-0.2, -0.15) is 19.0 Å². The van der Waals surface area contributed by atoms with E-state index in [2.05, 4.69) is 25.2 Å². The van der Waals surface area contributed by atoms with Gasteiger partial charge in [0.25, 0.3) is 5.91 Å². The topological polar surface area (TPSA) is 147 Å². The molecule has 0 bridgehead atoms. The molecule has 1 atom stereocenters. The van der Waals surface area contributed by atoms with Crippen molar-refractivity contribution in [3.05, 3.63) is 54.6 Å². The molecule has 37 heavy (non-hydrogen) atoms. The van der Waals surface area contributed by atoms with E-state index in [0.29, 0.717) is 0 Å². The average Bonchev–Trinajstić information content (AvgIpc) is 3.56. The molecule has 5 rings (SSSR count). The van der Waals surface area contributed by atoms with Gasteiger partial charge in [-0.05, 0) is 24.3 Å². The number of hydrogen-bond donors (Lipinski definition) is 1. The third-order valence-electron chi connectivity index (χ3n) is 5.58. The Labute approximate surface area is 207 Å². The molecular weight excluding hydrogens is 514 g/mol. The second-order valence-corrected chi connectivity index (χ2v) is 10.1. The molecule has 1 N–H and O–H groups in total. The fraction of sp³-hybridized carbons (Fsp3) is 0.227. The van der Waals surface area contributed by atoms with Crippen LogP contribution in [0.3, 0.4) is 0 Å². The second-order valence-electron chi connectivity index (χ2n) is 8.05.